The SMILES string of the molecule is CC(C)N(CO)c1ccccc1F. The molecule has 1 aromatic rings. The van der Waals surface area contributed by atoms with Crippen LogP contribution in [0.2, 0.25) is 0 Å². The Labute approximate surface area is 77.6 Å². The van der Waals surface area contributed by atoms with E-state index in [1.807, 2.05) is 13.8 Å². The summed E-state index contributed by atoms with van der Waals surface area (Å²) < 4.78 is 13.2. The van der Waals surface area contributed by atoms with Crippen LogP contribution in [0.5, 0.6) is 0 Å². The normalized spacial score (nSPS) is 10.5. The predicted molar refractivity (Wildman–Crippen MR) is 51.1 cm³/mol. The molecule has 0 aliphatic heterocycles. The van der Waals surface area contributed by atoms with E-state index >= 15 is 0 Å². The van der Waals surface area contributed by atoms with Crippen molar-refractivity contribution >= 4 is 5.69 Å². The Morgan fingerprint density at radius 2 is 2.00 bits per heavy atom. The fourth-order valence-electron chi connectivity index (χ4n) is 1.20. The van der Waals surface area contributed by atoms with E-state index in [2.05, 4.69) is 0 Å². The van der Waals surface area contributed by atoms with Gasteiger partial charge in [0.05, 0.1) is 5.69 Å². The average Bonchev–Trinajstić information content (AvgIpc) is 2.09. The summed E-state index contributed by atoms with van der Waals surface area (Å²) in [4.78, 5) is 1.59. The number of benzene rings is 1. The fraction of sp³-hybridized carbons (Fsp3) is 0.400. The van der Waals surface area contributed by atoms with E-state index in [4.69, 9.17) is 5.11 Å². The van der Waals surface area contributed by atoms with Crippen LogP contribution in [0.1, 0.15) is 13.8 Å². The Kier molecular flexibility index (Phi) is 3.25. The lowest BCUT2D eigenvalue weighted by Gasteiger charge is -2.26. The minimum Gasteiger partial charge on any atom is -0.376 e. The standard InChI is InChI=1S/C10H14FNO/c1-8(2)12(7-13)10-6-4-3-5-9(10)11/h3-6,8,13H,7H2,1-2H3. The van der Waals surface area contributed by atoms with Gasteiger partial charge in [0, 0.05) is 6.04 Å². The second-order valence-corrected chi connectivity index (χ2v) is 3.16. The molecule has 2 nitrogen and oxygen atoms in total. The molecule has 1 aromatic carbocycles. The van der Waals surface area contributed by atoms with Crippen LogP contribution in [0.25, 0.3) is 0 Å². The van der Waals surface area contributed by atoms with Gasteiger partial charge in [0.25, 0.3) is 0 Å². The molecule has 0 saturated heterocycles. The highest BCUT2D eigenvalue weighted by Gasteiger charge is 2.12. The van der Waals surface area contributed by atoms with Crippen molar-refractivity contribution in [3.05, 3.63) is 30.1 Å². The molecule has 0 radical (unpaired) electrons. The van der Waals surface area contributed by atoms with Gasteiger partial charge in [0.15, 0.2) is 0 Å². The van der Waals surface area contributed by atoms with E-state index in [1.54, 1.807) is 23.1 Å². The predicted octanol–water partition coefficient (Wildman–Crippen LogP) is 1.99. The Morgan fingerprint density at radius 3 is 2.46 bits per heavy atom. The van der Waals surface area contributed by atoms with E-state index in [0.717, 1.165) is 0 Å². The number of anilines is 1. The van der Waals surface area contributed by atoms with Crippen LogP contribution in [-0.4, -0.2) is 17.9 Å². The largest absolute Gasteiger partial charge is 0.376 e. The average molecular weight is 183 g/mol. The van der Waals surface area contributed by atoms with Crippen LogP contribution in [0.4, 0.5) is 10.1 Å². The molecule has 0 unspecified atom stereocenters. The highest BCUT2D eigenvalue weighted by atomic mass is 19.1. The molecule has 0 amide bonds. The minimum atomic E-state index is -0.301. The molecule has 3 heteroatoms. The van der Waals surface area contributed by atoms with Crippen molar-refractivity contribution in [2.24, 2.45) is 0 Å². The molecule has 1 N–H and O–H groups in total. The van der Waals surface area contributed by atoms with Gasteiger partial charge < -0.3 is 10.0 Å². The molecule has 0 saturated carbocycles. The van der Waals surface area contributed by atoms with Crippen LogP contribution in [0, 0.1) is 5.82 Å². The lowest BCUT2D eigenvalue weighted by molar-refractivity contribution is 0.280. The first-order valence-electron chi connectivity index (χ1n) is 4.29. The highest BCUT2D eigenvalue weighted by molar-refractivity contribution is 5.47. The van der Waals surface area contributed by atoms with Gasteiger partial charge in [0.2, 0.25) is 0 Å². The van der Waals surface area contributed by atoms with Crippen molar-refractivity contribution in [2.45, 2.75) is 19.9 Å². The van der Waals surface area contributed by atoms with Gasteiger partial charge >= 0.3 is 0 Å². The molecule has 0 heterocycles. The lowest BCUT2D eigenvalue weighted by atomic mass is 10.2. The van der Waals surface area contributed by atoms with Crippen molar-refractivity contribution in [2.75, 3.05) is 11.6 Å². The zero-order valence-electron chi connectivity index (χ0n) is 7.87. The summed E-state index contributed by atoms with van der Waals surface area (Å²) in [6, 6.07) is 6.52. The van der Waals surface area contributed by atoms with Crippen molar-refractivity contribution in [3.63, 3.8) is 0 Å². The van der Waals surface area contributed by atoms with Gasteiger partial charge in [-0.3, -0.25) is 0 Å². The zero-order chi connectivity index (χ0) is 9.84. The van der Waals surface area contributed by atoms with Crippen LogP contribution in [-0.2, 0) is 0 Å². The summed E-state index contributed by atoms with van der Waals surface area (Å²) in [5.74, 6) is -0.301. The maximum atomic E-state index is 13.2. The number of nitrogens with zero attached hydrogens (tertiary/aromatic N) is 1. The second kappa shape index (κ2) is 4.23. The topological polar surface area (TPSA) is 23.5 Å². The molecule has 0 aliphatic rings. The first-order valence-corrected chi connectivity index (χ1v) is 4.29. The van der Waals surface area contributed by atoms with Crippen molar-refractivity contribution in [1.29, 1.82) is 0 Å². The van der Waals surface area contributed by atoms with Crippen LogP contribution in [0.3, 0.4) is 0 Å². The number of hydrogen-bond acceptors (Lipinski definition) is 2. The van der Waals surface area contributed by atoms with Crippen molar-refractivity contribution in [3.8, 4) is 0 Å². The summed E-state index contributed by atoms with van der Waals surface area (Å²) in [5.41, 5.74) is 0.444. The van der Waals surface area contributed by atoms with Crippen molar-refractivity contribution in [1.82, 2.24) is 0 Å². The maximum Gasteiger partial charge on any atom is 0.146 e. The van der Waals surface area contributed by atoms with Crippen LogP contribution < -0.4 is 4.90 Å². The Balaban J connectivity index is 2.97. The molecule has 1 rings (SSSR count). The Bertz CT molecular complexity index is 275. The molecule has 0 spiro atoms. The molecule has 0 fully saturated rings. The third kappa shape index (κ3) is 2.18. The fourth-order valence-corrected chi connectivity index (χ4v) is 1.20. The number of rotatable bonds is 3. The number of aliphatic hydroxyl groups is 1. The summed E-state index contributed by atoms with van der Waals surface area (Å²) in [7, 11) is 0. The van der Waals surface area contributed by atoms with Gasteiger partial charge in [-0.05, 0) is 26.0 Å². The number of halogens is 1. The summed E-state index contributed by atoms with van der Waals surface area (Å²) in [6.45, 7) is 3.64. The number of hydrogen-bond donors (Lipinski definition) is 1. The minimum absolute atomic E-state index is 0.0851. The third-order valence-corrected chi connectivity index (χ3v) is 1.94. The van der Waals surface area contributed by atoms with Gasteiger partial charge in [-0.1, -0.05) is 12.1 Å². The van der Waals surface area contributed by atoms with Gasteiger partial charge in [-0.2, -0.15) is 0 Å². The molecular weight excluding hydrogens is 169 g/mol. The van der Waals surface area contributed by atoms with Gasteiger partial charge in [-0.15, -0.1) is 0 Å². The summed E-state index contributed by atoms with van der Waals surface area (Å²) in [6.07, 6.45) is 0. The highest BCUT2D eigenvalue weighted by Crippen LogP contribution is 2.19. The molecule has 0 bridgehead atoms. The Hall–Kier alpha value is -1.09. The summed E-state index contributed by atoms with van der Waals surface area (Å²) >= 11 is 0. The lowest BCUT2D eigenvalue weighted by Crippen LogP contribution is -2.32. The first-order chi connectivity index (χ1) is 6.16. The second-order valence-electron chi connectivity index (χ2n) is 3.16. The van der Waals surface area contributed by atoms with Crippen LogP contribution >= 0.6 is 0 Å². The van der Waals surface area contributed by atoms with Gasteiger partial charge in [-0.25, -0.2) is 4.39 Å². The molecule has 72 valence electrons. The molecular formula is C10H14FNO. The molecule has 0 aliphatic carbocycles. The zero-order valence-corrected chi connectivity index (χ0v) is 7.87. The van der Waals surface area contributed by atoms with E-state index in [1.165, 1.54) is 6.07 Å². The van der Waals surface area contributed by atoms with E-state index < -0.39 is 0 Å². The van der Waals surface area contributed by atoms with Gasteiger partial charge in [0.1, 0.15) is 12.5 Å². The first kappa shape index (κ1) is 9.99. The molecule has 0 aromatic heterocycles. The van der Waals surface area contributed by atoms with E-state index in [-0.39, 0.29) is 18.6 Å². The number of para-hydroxylation sites is 1. The maximum absolute atomic E-state index is 13.2. The van der Waals surface area contributed by atoms with Crippen LogP contribution in [0.15, 0.2) is 24.3 Å². The Morgan fingerprint density at radius 1 is 1.38 bits per heavy atom. The smallest absolute Gasteiger partial charge is 0.146 e. The quantitative estimate of drug-likeness (QED) is 0.724. The van der Waals surface area contributed by atoms with E-state index in [9.17, 15) is 4.39 Å². The monoisotopic (exact) mass is 183 g/mol. The third-order valence-electron chi connectivity index (χ3n) is 1.94. The van der Waals surface area contributed by atoms with Crippen molar-refractivity contribution < 1.29 is 9.50 Å². The number of aliphatic hydroxyl groups excluding tert-OH is 1. The molecule has 0 atom stereocenters. The molecule has 13 heavy (non-hydrogen) atoms. The summed E-state index contributed by atoms with van der Waals surface area (Å²) in [5, 5.41) is 9.03. The van der Waals surface area contributed by atoms with E-state index in [0.29, 0.717) is 5.69 Å².